The summed E-state index contributed by atoms with van der Waals surface area (Å²) in [7, 11) is 0. The number of nitrogens with one attached hydrogen (secondary N) is 2. The van der Waals surface area contributed by atoms with Crippen molar-refractivity contribution in [1.82, 2.24) is 0 Å². The SMILES string of the molecule is CCN1C(=O)C(C)Oc2cc(NC(=O)Nc3ccccc3)ccc21. The highest BCUT2D eigenvalue weighted by Crippen LogP contribution is 2.36. The molecule has 0 aliphatic carbocycles. The number of rotatable bonds is 3. The van der Waals surface area contributed by atoms with Crippen LogP contribution in [-0.2, 0) is 4.79 Å². The maximum absolute atomic E-state index is 12.1. The molecule has 0 saturated heterocycles. The fraction of sp³-hybridized carbons (Fsp3) is 0.222. The summed E-state index contributed by atoms with van der Waals surface area (Å²) in [6.07, 6.45) is -0.536. The lowest BCUT2D eigenvalue weighted by atomic mass is 10.1. The Bertz CT molecular complexity index is 761. The van der Waals surface area contributed by atoms with Gasteiger partial charge in [0, 0.05) is 24.0 Å². The molecule has 0 aromatic heterocycles. The van der Waals surface area contributed by atoms with Gasteiger partial charge in [0.2, 0.25) is 0 Å². The number of nitrogens with zero attached hydrogens (tertiary/aromatic N) is 1. The Morgan fingerprint density at radius 2 is 1.83 bits per heavy atom. The number of likely N-dealkylation sites (N-methyl/N-ethyl adjacent to an activating group) is 1. The highest BCUT2D eigenvalue weighted by Gasteiger charge is 2.30. The van der Waals surface area contributed by atoms with Crippen LogP contribution in [0.3, 0.4) is 0 Å². The van der Waals surface area contributed by atoms with Crippen molar-refractivity contribution in [2.75, 3.05) is 22.1 Å². The third-order valence-electron chi connectivity index (χ3n) is 3.77. The zero-order chi connectivity index (χ0) is 17.1. The number of hydrogen-bond donors (Lipinski definition) is 2. The van der Waals surface area contributed by atoms with Gasteiger partial charge < -0.3 is 20.3 Å². The van der Waals surface area contributed by atoms with Crippen molar-refractivity contribution in [3.8, 4) is 5.75 Å². The Labute approximate surface area is 140 Å². The number of carbonyl (C=O) groups excluding carboxylic acids is 2. The van der Waals surface area contributed by atoms with Crippen molar-refractivity contribution < 1.29 is 14.3 Å². The molecule has 1 aliphatic rings. The first-order valence-electron chi connectivity index (χ1n) is 7.83. The fourth-order valence-corrected chi connectivity index (χ4v) is 2.63. The molecule has 1 heterocycles. The number of carbonyl (C=O) groups is 2. The first-order chi connectivity index (χ1) is 11.6. The minimum absolute atomic E-state index is 0.0625. The van der Waals surface area contributed by atoms with E-state index in [1.54, 1.807) is 30.0 Å². The number of hydrogen-bond acceptors (Lipinski definition) is 3. The lowest BCUT2D eigenvalue weighted by molar-refractivity contribution is -0.125. The van der Waals surface area contributed by atoms with Crippen LogP contribution in [0.15, 0.2) is 48.5 Å². The Kier molecular flexibility index (Phi) is 4.37. The van der Waals surface area contributed by atoms with Crippen molar-refractivity contribution in [2.45, 2.75) is 20.0 Å². The normalized spacial score (nSPS) is 16.2. The summed E-state index contributed by atoms with van der Waals surface area (Å²) in [5.74, 6) is 0.522. The second-order valence-corrected chi connectivity index (χ2v) is 5.47. The second kappa shape index (κ2) is 6.62. The predicted octanol–water partition coefficient (Wildman–Crippen LogP) is 3.46. The van der Waals surface area contributed by atoms with Crippen LogP contribution in [0, 0.1) is 0 Å². The molecule has 2 aromatic rings. The maximum atomic E-state index is 12.1. The van der Waals surface area contributed by atoms with E-state index in [9.17, 15) is 9.59 Å². The van der Waals surface area contributed by atoms with Gasteiger partial charge in [0.1, 0.15) is 5.75 Å². The summed E-state index contributed by atoms with van der Waals surface area (Å²) in [4.78, 5) is 25.8. The molecular weight excluding hydrogens is 306 g/mol. The molecule has 3 rings (SSSR count). The number of amides is 3. The monoisotopic (exact) mass is 325 g/mol. The average Bonchev–Trinajstić information content (AvgIpc) is 2.57. The predicted molar refractivity (Wildman–Crippen MR) is 93.6 cm³/mol. The zero-order valence-corrected chi connectivity index (χ0v) is 13.6. The van der Waals surface area contributed by atoms with Gasteiger partial charge in [-0.05, 0) is 38.1 Å². The molecule has 6 heteroatoms. The summed E-state index contributed by atoms with van der Waals surface area (Å²) in [5, 5.41) is 5.52. The van der Waals surface area contributed by atoms with Gasteiger partial charge in [0.05, 0.1) is 5.69 Å². The summed E-state index contributed by atoms with van der Waals surface area (Å²) in [6, 6.07) is 14.1. The van der Waals surface area contributed by atoms with E-state index in [2.05, 4.69) is 10.6 Å². The Morgan fingerprint density at radius 3 is 2.54 bits per heavy atom. The molecule has 1 unspecified atom stereocenters. The minimum Gasteiger partial charge on any atom is -0.479 e. The molecule has 0 spiro atoms. The molecule has 2 N–H and O–H groups in total. The quantitative estimate of drug-likeness (QED) is 0.908. The standard InChI is InChI=1S/C18H19N3O3/c1-3-21-15-10-9-14(11-16(15)24-12(2)17(21)22)20-18(23)19-13-7-5-4-6-8-13/h4-12H,3H2,1-2H3,(H2,19,20,23). The Hall–Kier alpha value is -3.02. The van der Waals surface area contributed by atoms with Crippen molar-refractivity contribution in [2.24, 2.45) is 0 Å². The van der Waals surface area contributed by atoms with Crippen molar-refractivity contribution >= 4 is 29.0 Å². The van der Waals surface area contributed by atoms with Gasteiger partial charge in [-0.2, -0.15) is 0 Å². The molecule has 1 atom stereocenters. The fourth-order valence-electron chi connectivity index (χ4n) is 2.63. The molecule has 124 valence electrons. The van der Waals surface area contributed by atoms with Crippen LogP contribution in [0.2, 0.25) is 0 Å². The third-order valence-corrected chi connectivity index (χ3v) is 3.77. The number of para-hydroxylation sites is 1. The number of benzene rings is 2. The molecule has 0 fully saturated rings. The van der Waals surface area contributed by atoms with E-state index < -0.39 is 6.10 Å². The molecule has 6 nitrogen and oxygen atoms in total. The lowest BCUT2D eigenvalue weighted by Gasteiger charge is -2.32. The van der Waals surface area contributed by atoms with Crippen LogP contribution in [0.25, 0.3) is 0 Å². The number of ether oxygens (including phenoxy) is 1. The summed E-state index contributed by atoms with van der Waals surface area (Å²) >= 11 is 0. The topological polar surface area (TPSA) is 70.7 Å². The first kappa shape index (κ1) is 15.9. The van der Waals surface area contributed by atoms with E-state index in [0.717, 1.165) is 5.69 Å². The van der Waals surface area contributed by atoms with Gasteiger partial charge in [0.25, 0.3) is 5.91 Å². The van der Waals surface area contributed by atoms with E-state index in [-0.39, 0.29) is 11.9 Å². The van der Waals surface area contributed by atoms with Crippen molar-refractivity contribution in [3.05, 3.63) is 48.5 Å². The van der Waals surface area contributed by atoms with Crippen molar-refractivity contribution in [1.29, 1.82) is 0 Å². The van der Waals surface area contributed by atoms with E-state index in [1.165, 1.54) is 0 Å². The zero-order valence-electron chi connectivity index (χ0n) is 13.6. The van der Waals surface area contributed by atoms with E-state index in [0.29, 0.717) is 23.7 Å². The molecule has 0 saturated carbocycles. The van der Waals surface area contributed by atoms with Gasteiger partial charge in [0.15, 0.2) is 6.10 Å². The number of urea groups is 1. The van der Waals surface area contributed by atoms with Crippen LogP contribution in [0.5, 0.6) is 5.75 Å². The summed E-state index contributed by atoms with van der Waals surface area (Å²) in [6.45, 7) is 4.20. The maximum Gasteiger partial charge on any atom is 0.323 e. The van der Waals surface area contributed by atoms with Crippen LogP contribution < -0.4 is 20.3 Å². The van der Waals surface area contributed by atoms with E-state index in [1.807, 2.05) is 37.3 Å². The van der Waals surface area contributed by atoms with Crippen LogP contribution in [0.4, 0.5) is 21.9 Å². The van der Waals surface area contributed by atoms with Crippen LogP contribution in [-0.4, -0.2) is 24.6 Å². The molecule has 1 aliphatic heterocycles. The molecule has 0 bridgehead atoms. The Morgan fingerprint density at radius 1 is 1.12 bits per heavy atom. The third kappa shape index (κ3) is 3.17. The second-order valence-electron chi connectivity index (χ2n) is 5.47. The molecule has 0 radical (unpaired) electrons. The molecule has 2 aromatic carbocycles. The van der Waals surface area contributed by atoms with Gasteiger partial charge in [-0.15, -0.1) is 0 Å². The van der Waals surface area contributed by atoms with Crippen LogP contribution in [0.1, 0.15) is 13.8 Å². The van der Waals surface area contributed by atoms with E-state index >= 15 is 0 Å². The van der Waals surface area contributed by atoms with Gasteiger partial charge in [-0.25, -0.2) is 4.79 Å². The summed E-state index contributed by atoms with van der Waals surface area (Å²) in [5.41, 5.74) is 2.02. The van der Waals surface area contributed by atoms with E-state index in [4.69, 9.17) is 4.74 Å². The van der Waals surface area contributed by atoms with Crippen LogP contribution >= 0.6 is 0 Å². The van der Waals surface area contributed by atoms with Gasteiger partial charge >= 0.3 is 6.03 Å². The average molecular weight is 325 g/mol. The molecule has 24 heavy (non-hydrogen) atoms. The number of anilines is 3. The Balaban J connectivity index is 1.75. The van der Waals surface area contributed by atoms with Crippen molar-refractivity contribution in [3.63, 3.8) is 0 Å². The first-order valence-corrected chi connectivity index (χ1v) is 7.83. The number of fused-ring (bicyclic) bond motifs is 1. The minimum atomic E-state index is -0.536. The largest absolute Gasteiger partial charge is 0.479 e. The highest BCUT2D eigenvalue weighted by atomic mass is 16.5. The smallest absolute Gasteiger partial charge is 0.323 e. The highest BCUT2D eigenvalue weighted by molar-refractivity contribution is 6.02. The lowest BCUT2D eigenvalue weighted by Crippen LogP contribution is -2.44. The van der Waals surface area contributed by atoms with Gasteiger partial charge in [-0.1, -0.05) is 18.2 Å². The van der Waals surface area contributed by atoms with Gasteiger partial charge in [-0.3, -0.25) is 4.79 Å². The molecular formula is C18H19N3O3. The summed E-state index contributed by atoms with van der Waals surface area (Å²) < 4.78 is 5.65. The molecule has 3 amide bonds.